The number of nitro benzene ring substituents is 1. The maximum absolute atomic E-state index is 12.8. The van der Waals surface area contributed by atoms with Crippen LogP contribution in [0.15, 0.2) is 53.8 Å². The molecule has 0 unspecified atom stereocenters. The molecule has 6 nitrogen and oxygen atoms in total. The molecule has 0 fully saturated rings. The number of hydrazone groups is 1. The molecule has 0 saturated carbocycles. The van der Waals surface area contributed by atoms with Crippen molar-refractivity contribution in [1.29, 1.82) is 0 Å². The van der Waals surface area contributed by atoms with Crippen LogP contribution in [0.3, 0.4) is 0 Å². The summed E-state index contributed by atoms with van der Waals surface area (Å²) in [6, 6.07) is 9.65. The van der Waals surface area contributed by atoms with Crippen molar-refractivity contribution in [2.24, 2.45) is 5.10 Å². The average molecular weight is 386 g/mol. The van der Waals surface area contributed by atoms with E-state index in [2.05, 4.69) is 16.4 Å². The molecule has 3 rings (SSSR count). The van der Waals surface area contributed by atoms with Gasteiger partial charge in [0.1, 0.15) is 5.69 Å². The molecule has 0 aliphatic heterocycles. The first-order chi connectivity index (χ1) is 13.3. The van der Waals surface area contributed by atoms with E-state index >= 15 is 0 Å². The van der Waals surface area contributed by atoms with E-state index in [1.807, 2.05) is 28.8 Å². The summed E-state index contributed by atoms with van der Waals surface area (Å²) in [7, 11) is 0. The highest BCUT2D eigenvalue weighted by Crippen LogP contribution is 2.35. The van der Waals surface area contributed by atoms with E-state index in [0.29, 0.717) is 18.2 Å². The highest BCUT2D eigenvalue weighted by atomic mass is 19.4. The Labute approximate surface area is 157 Å². The molecule has 0 atom stereocenters. The van der Waals surface area contributed by atoms with Crippen molar-refractivity contribution < 1.29 is 18.1 Å². The highest BCUT2D eigenvalue weighted by molar-refractivity contribution is 5.99. The van der Waals surface area contributed by atoms with Crippen molar-refractivity contribution in [2.75, 3.05) is 5.43 Å². The zero-order chi connectivity index (χ0) is 20.3. The maximum Gasteiger partial charge on any atom is 0.416 e. The van der Waals surface area contributed by atoms with Crippen LogP contribution in [-0.4, -0.2) is 15.7 Å². The van der Waals surface area contributed by atoms with Crippen molar-refractivity contribution in [2.45, 2.75) is 12.7 Å². The number of hydrogen-bond donors (Lipinski definition) is 1. The minimum absolute atomic E-state index is 0.151. The molecule has 1 heterocycles. The van der Waals surface area contributed by atoms with Gasteiger partial charge in [0.15, 0.2) is 0 Å². The van der Waals surface area contributed by atoms with Gasteiger partial charge < -0.3 is 4.57 Å². The van der Waals surface area contributed by atoms with Crippen LogP contribution in [0.2, 0.25) is 0 Å². The smallest absolute Gasteiger partial charge is 0.335 e. The number of para-hydroxylation sites is 1. The Kier molecular flexibility index (Phi) is 5.04. The number of nitrogens with one attached hydrogen (secondary N) is 1. The fourth-order valence-corrected chi connectivity index (χ4v) is 2.73. The first kappa shape index (κ1) is 19.0. The van der Waals surface area contributed by atoms with Crippen LogP contribution in [0.5, 0.6) is 0 Å². The highest BCUT2D eigenvalue weighted by Gasteiger charge is 2.33. The number of anilines is 1. The van der Waals surface area contributed by atoms with Gasteiger partial charge in [-0.05, 0) is 18.2 Å². The van der Waals surface area contributed by atoms with Crippen molar-refractivity contribution in [1.82, 2.24) is 4.57 Å². The van der Waals surface area contributed by atoms with Gasteiger partial charge in [-0.2, -0.15) is 18.3 Å². The van der Waals surface area contributed by atoms with E-state index in [1.165, 1.54) is 6.21 Å². The van der Waals surface area contributed by atoms with Gasteiger partial charge in [0.05, 0.1) is 23.2 Å². The van der Waals surface area contributed by atoms with E-state index < -0.39 is 22.4 Å². The van der Waals surface area contributed by atoms with Crippen LogP contribution in [0, 0.1) is 22.5 Å². The number of aromatic nitrogens is 1. The average Bonchev–Trinajstić information content (AvgIpc) is 2.99. The lowest BCUT2D eigenvalue weighted by molar-refractivity contribution is -0.384. The molecule has 3 aromatic rings. The molecular formula is C19H13F3N4O2. The van der Waals surface area contributed by atoms with Gasteiger partial charge in [0.25, 0.3) is 5.69 Å². The second-order valence-electron chi connectivity index (χ2n) is 5.79. The van der Waals surface area contributed by atoms with E-state index in [0.717, 1.165) is 23.0 Å². The number of nitro groups is 1. The largest absolute Gasteiger partial charge is 0.416 e. The molecule has 142 valence electrons. The van der Waals surface area contributed by atoms with E-state index in [4.69, 9.17) is 6.42 Å². The van der Waals surface area contributed by atoms with Crippen molar-refractivity contribution in [3.8, 4) is 12.3 Å². The summed E-state index contributed by atoms with van der Waals surface area (Å²) in [5, 5.41) is 15.9. The summed E-state index contributed by atoms with van der Waals surface area (Å²) in [6.07, 6.45) is 3.89. The molecule has 0 saturated heterocycles. The first-order valence-corrected chi connectivity index (χ1v) is 7.97. The predicted molar refractivity (Wildman–Crippen MR) is 100 cm³/mol. The van der Waals surface area contributed by atoms with Gasteiger partial charge in [0, 0.05) is 28.7 Å². The second kappa shape index (κ2) is 7.44. The fourth-order valence-electron chi connectivity index (χ4n) is 2.73. The van der Waals surface area contributed by atoms with Crippen molar-refractivity contribution >= 4 is 28.5 Å². The second-order valence-corrected chi connectivity index (χ2v) is 5.79. The minimum Gasteiger partial charge on any atom is -0.335 e. The Morgan fingerprint density at radius 3 is 2.71 bits per heavy atom. The van der Waals surface area contributed by atoms with Crippen LogP contribution in [0.4, 0.5) is 24.5 Å². The molecule has 1 aromatic heterocycles. The van der Waals surface area contributed by atoms with E-state index in [9.17, 15) is 23.3 Å². The molecular weight excluding hydrogens is 373 g/mol. The first-order valence-electron chi connectivity index (χ1n) is 7.97. The Balaban J connectivity index is 1.91. The Morgan fingerprint density at radius 2 is 2.04 bits per heavy atom. The normalized spacial score (nSPS) is 11.6. The minimum atomic E-state index is -4.68. The Bertz CT molecular complexity index is 1110. The molecule has 1 N–H and O–H groups in total. The van der Waals surface area contributed by atoms with Crippen LogP contribution >= 0.6 is 0 Å². The third-order valence-corrected chi connectivity index (χ3v) is 3.99. The lowest BCUT2D eigenvalue weighted by Crippen LogP contribution is -2.06. The number of halogens is 3. The van der Waals surface area contributed by atoms with Crippen molar-refractivity contribution in [3.63, 3.8) is 0 Å². The summed E-state index contributed by atoms with van der Waals surface area (Å²) in [5.41, 5.74) is 2.05. The van der Waals surface area contributed by atoms with Crippen LogP contribution < -0.4 is 5.43 Å². The number of hydrogen-bond acceptors (Lipinski definition) is 4. The Morgan fingerprint density at radius 1 is 1.29 bits per heavy atom. The monoisotopic (exact) mass is 386 g/mol. The summed E-state index contributed by atoms with van der Waals surface area (Å²) in [6.45, 7) is 0.353. The third-order valence-electron chi connectivity index (χ3n) is 3.99. The van der Waals surface area contributed by atoms with Gasteiger partial charge >= 0.3 is 6.18 Å². The number of benzene rings is 2. The molecule has 0 bridgehead atoms. The van der Waals surface area contributed by atoms with Gasteiger partial charge in [-0.15, -0.1) is 6.42 Å². The quantitative estimate of drug-likeness (QED) is 0.300. The number of fused-ring (bicyclic) bond motifs is 1. The number of nitrogens with zero attached hydrogens (tertiary/aromatic N) is 3. The number of terminal acetylenes is 1. The molecule has 0 radical (unpaired) electrons. The Hall–Kier alpha value is -3.80. The number of rotatable bonds is 5. The molecule has 0 spiro atoms. The zero-order valence-electron chi connectivity index (χ0n) is 14.3. The lowest BCUT2D eigenvalue weighted by atomic mass is 10.1. The molecule has 9 heteroatoms. The summed E-state index contributed by atoms with van der Waals surface area (Å²) >= 11 is 0. The van der Waals surface area contributed by atoms with Gasteiger partial charge in [-0.25, -0.2) is 0 Å². The van der Waals surface area contributed by atoms with Crippen LogP contribution in [0.25, 0.3) is 10.9 Å². The van der Waals surface area contributed by atoms with Crippen LogP contribution in [0.1, 0.15) is 11.1 Å². The molecule has 2 aromatic carbocycles. The third kappa shape index (κ3) is 3.81. The summed E-state index contributed by atoms with van der Waals surface area (Å²) in [4.78, 5) is 10.2. The molecule has 0 amide bonds. The van der Waals surface area contributed by atoms with Crippen LogP contribution in [-0.2, 0) is 12.7 Å². The standard InChI is InChI=1S/C19H13F3N4O2/c1-2-9-25-12-13(15-5-3-4-6-17(15)25)11-23-24-16-8-7-14(19(20,21)22)10-18(16)26(27)28/h1,3-8,10-12,24H,9H2/b23-11-. The SMILES string of the molecule is C#CCn1cc(/C=N\Nc2ccc(C(F)(F)F)cc2[N+](=O)[O-])c2ccccc21. The summed E-state index contributed by atoms with van der Waals surface area (Å²) < 4.78 is 40.1. The zero-order valence-corrected chi connectivity index (χ0v) is 14.3. The van der Waals surface area contributed by atoms with Gasteiger partial charge in [-0.3, -0.25) is 15.5 Å². The van der Waals surface area contributed by atoms with E-state index in [1.54, 1.807) is 6.20 Å². The fraction of sp³-hybridized carbons (Fsp3) is 0.105. The van der Waals surface area contributed by atoms with E-state index in [-0.39, 0.29) is 5.69 Å². The predicted octanol–water partition coefficient (Wildman–Crippen LogP) is 4.65. The molecule has 0 aliphatic rings. The maximum atomic E-state index is 12.8. The topological polar surface area (TPSA) is 72.5 Å². The van der Waals surface area contributed by atoms with Gasteiger partial charge in [0.2, 0.25) is 0 Å². The van der Waals surface area contributed by atoms with Gasteiger partial charge in [-0.1, -0.05) is 24.1 Å². The lowest BCUT2D eigenvalue weighted by Gasteiger charge is -2.08. The summed E-state index contributed by atoms with van der Waals surface area (Å²) in [5.74, 6) is 2.54. The molecule has 0 aliphatic carbocycles. The number of alkyl halides is 3. The van der Waals surface area contributed by atoms with Crippen molar-refractivity contribution in [3.05, 3.63) is 69.9 Å². The molecule has 28 heavy (non-hydrogen) atoms.